The quantitative estimate of drug-likeness (QED) is 0.815. The number of hydrogen-bond donors (Lipinski definition) is 2. The molecule has 0 aliphatic carbocycles. The predicted molar refractivity (Wildman–Crippen MR) is 97.4 cm³/mol. The molecule has 26 heavy (non-hydrogen) atoms. The molecule has 0 saturated carbocycles. The van der Waals surface area contributed by atoms with Gasteiger partial charge in [-0.05, 0) is 12.1 Å². The highest BCUT2D eigenvalue weighted by Crippen LogP contribution is 2.35. The lowest BCUT2D eigenvalue weighted by molar-refractivity contribution is 0.0610. The minimum absolute atomic E-state index is 0.0522. The molecule has 0 atom stereocenters. The second-order valence-electron chi connectivity index (χ2n) is 6.09. The van der Waals surface area contributed by atoms with Crippen LogP contribution < -0.4 is 14.8 Å². The fraction of sp³-hybridized carbons (Fsp3) is 0.412. The van der Waals surface area contributed by atoms with Crippen LogP contribution in [0.5, 0.6) is 11.5 Å². The van der Waals surface area contributed by atoms with Crippen LogP contribution in [0.1, 0.15) is 10.5 Å². The van der Waals surface area contributed by atoms with Crippen LogP contribution in [-0.2, 0) is 0 Å². The van der Waals surface area contributed by atoms with E-state index in [2.05, 4.69) is 15.2 Å². The Bertz CT molecular complexity index is 789. The minimum atomic E-state index is -0.0522. The summed E-state index contributed by atoms with van der Waals surface area (Å²) in [6.07, 6.45) is 0. The summed E-state index contributed by atoms with van der Waals surface area (Å²) in [5, 5.41) is 14.6. The van der Waals surface area contributed by atoms with Crippen molar-refractivity contribution in [3.8, 4) is 11.5 Å². The molecule has 9 heteroatoms. The number of benzene rings is 1. The zero-order chi connectivity index (χ0) is 17.9. The number of fused-ring (bicyclic) bond motifs is 1. The Labute approximate surface area is 155 Å². The number of aliphatic hydroxyl groups excluding tert-OH is 1. The van der Waals surface area contributed by atoms with Crippen molar-refractivity contribution in [2.45, 2.75) is 0 Å². The molecule has 2 N–H and O–H groups in total. The molecule has 1 amide bonds. The zero-order valence-corrected chi connectivity index (χ0v) is 15.0. The number of β-amino-alcohol motifs (C(OH)–C–C–N with tert-alkyl or cyclic N) is 1. The first kappa shape index (κ1) is 17.1. The van der Waals surface area contributed by atoms with E-state index in [-0.39, 0.29) is 19.3 Å². The van der Waals surface area contributed by atoms with Crippen LogP contribution in [0.4, 0.5) is 10.8 Å². The van der Waals surface area contributed by atoms with Crippen LogP contribution in [-0.4, -0.2) is 71.9 Å². The van der Waals surface area contributed by atoms with Crippen LogP contribution >= 0.6 is 11.3 Å². The van der Waals surface area contributed by atoms with Crippen molar-refractivity contribution in [1.82, 2.24) is 14.8 Å². The van der Waals surface area contributed by atoms with Gasteiger partial charge in [0, 0.05) is 49.9 Å². The molecule has 2 aliphatic heterocycles. The highest BCUT2D eigenvalue weighted by Gasteiger charge is 2.23. The maximum absolute atomic E-state index is 12.6. The van der Waals surface area contributed by atoms with Gasteiger partial charge < -0.3 is 24.8 Å². The van der Waals surface area contributed by atoms with Gasteiger partial charge in [0.25, 0.3) is 5.91 Å². The van der Waals surface area contributed by atoms with Crippen molar-refractivity contribution in [3.05, 3.63) is 29.3 Å². The highest BCUT2D eigenvalue weighted by atomic mass is 32.1. The van der Waals surface area contributed by atoms with E-state index in [1.165, 1.54) is 11.3 Å². The zero-order valence-electron chi connectivity index (χ0n) is 14.2. The molecule has 8 nitrogen and oxygen atoms in total. The largest absolute Gasteiger partial charge is 0.454 e. The number of hydrogen-bond acceptors (Lipinski definition) is 8. The summed E-state index contributed by atoms with van der Waals surface area (Å²) < 4.78 is 10.7. The van der Waals surface area contributed by atoms with Gasteiger partial charge in [-0.3, -0.25) is 9.69 Å². The molecule has 1 aromatic carbocycles. The topological polar surface area (TPSA) is 87.2 Å². The summed E-state index contributed by atoms with van der Waals surface area (Å²) in [6.45, 7) is 3.90. The third-order valence-electron chi connectivity index (χ3n) is 4.42. The normalized spacial score (nSPS) is 16.7. The smallest absolute Gasteiger partial charge is 0.273 e. The molecular weight excluding hydrogens is 356 g/mol. The van der Waals surface area contributed by atoms with Gasteiger partial charge in [0.15, 0.2) is 16.6 Å². The molecule has 2 aliphatic rings. The molecule has 0 radical (unpaired) electrons. The van der Waals surface area contributed by atoms with Gasteiger partial charge in [0.05, 0.1) is 6.61 Å². The minimum Gasteiger partial charge on any atom is -0.454 e. The van der Waals surface area contributed by atoms with Crippen molar-refractivity contribution >= 4 is 28.1 Å². The first-order valence-corrected chi connectivity index (χ1v) is 9.35. The number of carbonyl (C=O) groups is 1. The Balaban J connectivity index is 1.38. The van der Waals surface area contributed by atoms with Gasteiger partial charge in [0.2, 0.25) is 6.79 Å². The molecule has 0 bridgehead atoms. The third-order valence-corrected chi connectivity index (χ3v) is 5.18. The summed E-state index contributed by atoms with van der Waals surface area (Å²) in [4.78, 5) is 21.0. The number of amides is 1. The lowest BCUT2D eigenvalue weighted by Crippen LogP contribution is -2.49. The van der Waals surface area contributed by atoms with Crippen molar-refractivity contribution in [1.29, 1.82) is 0 Å². The van der Waals surface area contributed by atoms with E-state index in [1.54, 1.807) is 5.38 Å². The number of ether oxygens (including phenoxy) is 2. The van der Waals surface area contributed by atoms with Crippen molar-refractivity contribution in [2.24, 2.45) is 0 Å². The number of aliphatic hydroxyl groups is 1. The second-order valence-corrected chi connectivity index (χ2v) is 6.95. The number of aromatic nitrogens is 1. The van der Waals surface area contributed by atoms with E-state index in [4.69, 9.17) is 14.6 Å². The fourth-order valence-corrected chi connectivity index (χ4v) is 3.71. The molecule has 4 rings (SSSR count). The Morgan fingerprint density at radius 1 is 1.23 bits per heavy atom. The van der Waals surface area contributed by atoms with Crippen LogP contribution in [0, 0.1) is 0 Å². The number of nitrogens with one attached hydrogen (secondary N) is 1. The summed E-state index contributed by atoms with van der Waals surface area (Å²) in [7, 11) is 0. The molecular formula is C17H20N4O4S. The monoisotopic (exact) mass is 376 g/mol. The fourth-order valence-electron chi connectivity index (χ4n) is 3.01. The number of piperazine rings is 1. The summed E-state index contributed by atoms with van der Waals surface area (Å²) in [5.74, 6) is 1.37. The molecule has 1 saturated heterocycles. The predicted octanol–water partition coefficient (Wildman–Crippen LogP) is 1.37. The molecule has 2 aromatic rings. The Kier molecular flexibility index (Phi) is 4.91. The molecule has 1 fully saturated rings. The lowest BCUT2D eigenvalue weighted by atomic mass is 10.3. The molecule has 138 valence electrons. The highest BCUT2D eigenvalue weighted by molar-refractivity contribution is 7.14. The number of nitrogens with zero attached hydrogens (tertiary/aromatic N) is 3. The average Bonchev–Trinajstić information content (AvgIpc) is 3.31. The lowest BCUT2D eigenvalue weighted by Gasteiger charge is -2.33. The number of thiazole rings is 1. The second kappa shape index (κ2) is 7.48. The Morgan fingerprint density at radius 3 is 2.85 bits per heavy atom. The standard InChI is InChI=1S/C17H20N4O4S/c22-8-7-20-3-5-21(6-4-20)16(23)13-10-26-17(19-13)18-12-1-2-14-15(9-12)25-11-24-14/h1-2,9-10,22H,3-8,11H2,(H,18,19). The van der Waals surface area contributed by atoms with E-state index >= 15 is 0 Å². The van der Waals surface area contributed by atoms with Crippen LogP contribution in [0.25, 0.3) is 0 Å². The summed E-state index contributed by atoms with van der Waals surface area (Å²) >= 11 is 1.39. The molecule has 0 unspecified atom stereocenters. The Morgan fingerprint density at radius 2 is 2.04 bits per heavy atom. The SMILES string of the molecule is O=C(c1csc(Nc2ccc3c(c2)OCO3)n1)N1CCN(CCO)CC1. The van der Waals surface area contributed by atoms with Crippen LogP contribution in [0.2, 0.25) is 0 Å². The van der Waals surface area contributed by atoms with Gasteiger partial charge >= 0.3 is 0 Å². The van der Waals surface area contributed by atoms with Gasteiger partial charge in [-0.1, -0.05) is 0 Å². The molecule has 1 aromatic heterocycles. The van der Waals surface area contributed by atoms with E-state index in [0.29, 0.717) is 36.2 Å². The molecule has 3 heterocycles. The van der Waals surface area contributed by atoms with Gasteiger partial charge in [-0.25, -0.2) is 4.98 Å². The van der Waals surface area contributed by atoms with Gasteiger partial charge in [0.1, 0.15) is 5.69 Å². The van der Waals surface area contributed by atoms with Crippen LogP contribution in [0.15, 0.2) is 23.6 Å². The summed E-state index contributed by atoms with van der Waals surface area (Å²) in [6, 6.07) is 5.58. The number of carbonyl (C=O) groups excluding carboxylic acids is 1. The van der Waals surface area contributed by atoms with Crippen LogP contribution in [0.3, 0.4) is 0 Å². The van der Waals surface area contributed by atoms with Crippen molar-refractivity contribution < 1.29 is 19.4 Å². The van der Waals surface area contributed by atoms with Gasteiger partial charge in [-0.2, -0.15) is 0 Å². The Hall–Kier alpha value is -2.36. The first-order valence-electron chi connectivity index (χ1n) is 8.47. The third kappa shape index (κ3) is 3.59. The van der Waals surface area contributed by atoms with Crippen molar-refractivity contribution in [2.75, 3.05) is 51.4 Å². The molecule has 0 spiro atoms. The number of anilines is 2. The van der Waals surface area contributed by atoms with Crippen molar-refractivity contribution in [3.63, 3.8) is 0 Å². The van der Waals surface area contributed by atoms with E-state index in [0.717, 1.165) is 24.5 Å². The number of rotatable bonds is 5. The van der Waals surface area contributed by atoms with Gasteiger partial charge in [-0.15, -0.1) is 11.3 Å². The average molecular weight is 376 g/mol. The summed E-state index contributed by atoms with van der Waals surface area (Å²) in [5.41, 5.74) is 1.29. The maximum Gasteiger partial charge on any atom is 0.273 e. The maximum atomic E-state index is 12.6. The van der Waals surface area contributed by atoms with E-state index < -0.39 is 0 Å². The van der Waals surface area contributed by atoms with E-state index in [9.17, 15) is 4.79 Å². The first-order chi connectivity index (χ1) is 12.7. The van der Waals surface area contributed by atoms with E-state index in [1.807, 2.05) is 23.1 Å².